The minimum Gasteiger partial charge on any atom is -0.372 e. The minimum atomic E-state index is -0.527. The second-order valence-electron chi connectivity index (χ2n) is 3.26. The molecule has 1 rings (SSSR count). The maximum Gasteiger partial charge on any atom is 0.104 e. The molecular formula is C10H13BrClNO. The highest BCUT2D eigenvalue weighted by molar-refractivity contribution is 9.10. The van der Waals surface area contributed by atoms with Crippen molar-refractivity contribution in [2.45, 2.75) is 12.5 Å². The quantitative estimate of drug-likeness (QED) is 0.923. The lowest BCUT2D eigenvalue weighted by Gasteiger charge is -2.28. The van der Waals surface area contributed by atoms with E-state index in [1.807, 2.05) is 25.1 Å². The van der Waals surface area contributed by atoms with E-state index in [0.717, 1.165) is 10.0 Å². The van der Waals surface area contributed by atoms with Crippen LogP contribution in [0.5, 0.6) is 0 Å². The van der Waals surface area contributed by atoms with Crippen molar-refractivity contribution in [3.05, 3.63) is 33.3 Å². The van der Waals surface area contributed by atoms with Gasteiger partial charge < -0.3 is 10.5 Å². The van der Waals surface area contributed by atoms with Gasteiger partial charge in [-0.3, -0.25) is 0 Å². The van der Waals surface area contributed by atoms with Crippen LogP contribution in [-0.4, -0.2) is 13.7 Å². The fraction of sp³-hybridized carbons (Fsp3) is 0.400. The Bertz CT molecular complexity index is 326. The highest BCUT2D eigenvalue weighted by Gasteiger charge is 2.26. The van der Waals surface area contributed by atoms with Crippen molar-refractivity contribution in [1.82, 2.24) is 0 Å². The number of hydrogen-bond donors (Lipinski definition) is 1. The zero-order valence-electron chi connectivity index (χ0n) is 8.18. The van der Waals surface area contributed by atoms with Crippen molar-refractivity contribution >= 4 is 27.5 Å². The van der Waals surface area contributed by atoms with Gasteiger partial charge in [-0.15, -0.1) is 0 Å². The molecule has 0 radical (unpaired) electrons. The molecule has 0 aliphatic rings. The third kappa shape index (κ3) is 2.28. The summed E-state index contributed by atoms with van der Waals surface area (Å²) in [7, 11) is 1.63. The molecule has 0 aliphatic heterocycles. The van der Waals surface area contributed by atoms with Crippen LogP contribution in [0.4, 0.5) is 0 Å². The smallest absolute Gasteiger partial charge is 0.104 e. The fourth-order valence-corrected chi connectivity index (χ4v) is 1.88. The monoisotopic (exact) mass is 277 g/mol. The van der Waals surface area contributed by atoms with Crippen LogP contribution in [0.15, 0.2) is 22.7 Å². The van der Waals surface area contributed by atoms with Crippen LogP contribution in [-0.2, 0) is 10.3 Å². The molecule has 2 nitrogen and oxygen atoms in total. The lowest BCUT2D eigenvalue weighted by molar-refractivity contribution is 0.0101. The molecule has 1 aromatic rings. The Labute approximate surface area is 97.5 Å². The summed E-state index contributed by atoms with van der Waals surface area (Å²) >= 11 is 9.47. The van der Waals surface area contributed by atoms with Gasteiger partial charge in [0, 0.05) is 28.7 Å². The molecule has 0 amide bonds. The minimum absolute atomic E-state index is 0.389. The molecule has 0 spiro atoms. The van der Waals surface area contributed by atoms with E-state index < -0.39 is 5.60 Å². The van der Waals surface area contributed by atoms with E-state index in [4.69, 9.17) is 22.1 Å². The Hall–Kier alpha value is -0.0900. The van der Waals surface area contributed by atoms with Crippen LogP contribution in [0.25, 0.3) is 0 Å². The Morgan fingerprint density at radius 3 is 2.71 bits per heavy atom. The first-order valence-electron chi connectivity index (χ1n) is 4.24. The predicted molar refractivity (Wildman–Crippen MR) is 62.6 cm³/mol. The first-order valence-corrected chi connectivity index (χ1v) is 5.41. The summed E-state index contributed by atoms with van der Waals surface area (Å²) in [4.78, 5) is 0. The van der Waals surface area contributed by atoms with E-state index in [1.165, 1.54) is 0 Å². The van der Waals surface area contributed by atoms with E-state index in [2.05, 4.69) is 15.9 Å². The molecule has 0 heterocycles. The molecule has 0 saturated carbocycles. The summed E-state index contributed by atoms with van der Waals surface area (Å²) in [5.41, 5.74) is 6.04. The molecule has 1 atom stereocenters. The summed E-state index contributed by atoms with van der Waals surface area (Å²) < 4.78 is 6.34. The summed E-state index contributed by atoms with van der Waals surface area (Å²) in [5.74, 6) is 0. The molecule has 0 aromatic heterocycles. The third-order valence-electron chi connectivity index (χ3n) is 2.34. The lowest BCUT2D eigenvalue weighted by Crippen LogP contribution is -2.34. The third-order valence-corrected chi connectivity index (χ3v) is 3.16. The Morgan fingerprint density at radius 1 is 1.57 bits per heavy atom. The molecule has 4 heteroatoms. The molecule has 78 valence electrons. The molecule has 0 aliphatic carbocycles. The summed E-state index contributed by atoms with van der Waals surface area (Å²) in [6, 6.07) is 5.64. The summed E-state index contributed by atoms with van der Waals surface area (Å²) in [6.45, 7) is 2.31. The van der Waals surface area contributed by atoms with Gasteiger partial charge >= 0.3 is 0 Å². The SMILES string of the molecule is COC(C)(CN)c1cc(Br)ccc1Cl. The van der Waals surface area contributed by atoms with E-state index in [9.17, 15) is 0 Å². The molecule has 2 N–H and O–H groups in total. The predicted octanol–water partition coefficient (Wildman–Crippen LogP) is 2.92. The Morgan fingerprint density at radius 2 is 2.21 bits per heavy atom. The Kier molecular flexibility index (Phi) is 3.95. The second kappa shape index (κ2) is 4.62. The van der Waals surface area contributed by atoms with Crippen molar-refractivity contribution in [3.63, 3.8) is 0 Å². The normalized spacial score (nSPS) is 15.2. The number of nitrogens with two attached hydrogens (primary N) is 1. The van der Waals surface area contributed by atoms with Gasteiger partial charge in [0.15, 0.2) is 0 Å². The van der Waals surface area contributed by atoms with Crippen molar-refractivity contribution in [2.24, 2.45) is 5.73 Å². The molecular weight excluding hydrogens is 265 g/mol. The number of hydrogen-bond acceptors (Lipinski definition) is 2. The van der Waals surface area contributed by atoms with Crippen LogP contribution in [0, 0.1) is 0 Å². The van der Waals surface area contributed by atoms with E-state index in [0.29, 0.717) is 11.6 Å². The molecule has 0 fully saturated rings. The lowest BCUT2D eigenvalue weighted by atomic mass is 9.96. The number of benzene rings is 1. The molecule has 1 unspecified atom stereocenters. The van der Waals surface area contributed by atoms with Crippen molar-refractivity contribution in [2.75, 3.05) is 13.7 Å². The first kappa shape index (κ1) is 12.0. The second-order valence-corrected chi connectivity index (χ2v) is 4.59. The standard InChI is InChI=1S/C10H13BrClNO/c1-10(6-13,14-2)8-5-7(11)3-4-9(8)12/h3-5H,6,13H2,1-2H3. The average molecular weight is 279 g/mol. The van der Waals surface area contributed by atoms with Crippen LogP contribution < -0.4 is 5.73 Å². The zero-order chi connectivity index (χ0) is 10.8. The highest BCUT2D eigenvalue weighted by Crippen LogP contribution is 2.32. The molecule has 0 saturated heterocycles. The Balaban J connectivity index is 3.22. The molecule has 1 aromatic carbocycles. The molecule has 14 heavy (non-hydrogen) atoms. The summed E-state index contributed by atoms with van der Waals surface area (Å²) in [6.07, 6.45) is 0. The van der Waals surface area contributed by atoms with Crippen LogP contribution in [0.3, 0.4) is 0 Å². The molecule has 0 bridgehead atoms. The van der Waals surface area contributed by atoms with Gasteiger partial charge in [0.1, 0.15) is 5.60 Å². The van der Waals surface area contributed by atoms with Crippen molar-refractivity contribution in [3.8, 4) is 0 Å². The van der Waals surface area contributed by atoms with Gasteiger partial charge in [0.2, 0.25) is 0 Å². The van der Waals surface area contributed by atoms with Gasteiger partial charge in [-0.25, -0.2) is 0 Å². The van der Waals surface area contributed by atoms with Crippen LogP contribution >= 0.6 is 27.5 Å². The highest BCUT2D eigenvalue weighted by atomic mass is 79.9. The van der Waals surface area contributed by atoms with E-state index in [-0.39, 0.29) is 0 Å². The van der Waals surface area contributed by atoms with Gasteiger partial charge in [0.25, 0.3) is 0 Å². The summed E-state index contributed by atoms with van der Waals surface area (Å²) in [5, 5.41) is 0.669. The van der Waals surface area contributed by atoms with E-state index >= 15 is 0 Å². The van der Waals surface area contributed by atoms with Crippen molar-refractivity contribution in [1.29, 1.82) is 0 Å². The van der Waals surface area contributed by atoms with Gasteiger partial charge in [-0.1, -0.05) is 27.5 Å². The van der Waals surface area contributed by atoms with Crippen LogP contribution in [0.2, 0.25) is 5.02 Å². The van der Waals surface area contributed by atoms with Crippen molar-refractivity contribution < 1.29 is 4.74 Å². The van der Waals surface area contributed by atoms with Crippen LogP contribution in [0.1, 0.15) is 12.5 Å². The number of rotatable bonds is 3. The van der Waals surface area contributed by atoms with Gasteiger partial charge in [-0.2, -0.15) is 0 Å². The maximum atomic E-state index is 6.08. The average Bonchev–Trinajstić information content (AvgIpc) is 2.20. The number of methoxy groups -OCH3 is 1. The maximum absolute atomic E-state index is 6.08. The largest absolute Gasteiger partial charge is 0.372 e. The van der Waals surface area contributed by atoms with E-state index in [1.54, 1.807) is 7.11 Å². The number of ether oxygens (including phenoxy) is 1. The fourth-order valence-electron chi connectivity index (χ4n) is 1.21. The zero-order valence-corrected chi connectivity index (χ0v) is 10.5. The first-order chi connectivity index (χ1) is 6.53. The van der Waals surface area contributed by atoms with Gasteiger partial charge in [0.05, 0.1) is 0 Å². The van der Waals surface area contributed by atoms with Gasteiger partial charge in [-0.05, 0) is 25.1 Å². The number of halogens is 2. The topological polar surface area (TPSA) is 35.2 Å².